The summed E-state index contributed by atoms with van der Waals surface area (Å²) in [6.07, 6.45) is -0.761. The number of amides is 1. The van der Waals surface area contributed by atoms with E-state index in [0.29, 0.717) is 34.8 Å². The fourth-order valence-corrected chi connectivity index (χ4v) is 4.02. The second kappa shape index (κ2) is 6.99. The van der Waals surface area contributed by atoms with Gasteiger partial charge in [0.15, 0.2) is 0 Å². The highest BCUT2D eigenvalue weighted by Gasteiger charge is 2.35. The minimum atomic E-state index is -0.706. The number of halogens is 2. The van der Waals surface area contributed by atoms with Gasteiger partial charge in [-0.05, 0) is 63.6 Å². The summed E-state index contributed by atoms with van der Waals surface area (Å²) in [4.78, 5) is 14.1. The summed E-state index contributed by atoms with van der Waals surface area (Å²) >= 11 is 0. The first-order valence-corrected chi connectivity index (χ1v) is 9.69. The monoisotopic (exact) mass is 402 g/mol. The molecular weight excluding hydrogens is 378 g/mol. The van der Waals surface area contributed by atoms with E-state index in [1.165, 1.54) is 24.3 Å². The first-order chi connectivity index (χ1) is 13.6. The fraction of sp³-hybridized carbons (Fsp3) is 0.409. The van der Waals surface area contributed by atoms with Crippen molar-refractivity contribution in [1.29, 1.82) is 0 Å². The number of rotatable bonds is 1. The number of carbonyl (C=O) groups is 1. The first-order valence-electron chi connectivity index (χ1n) is 9.69. The Kier molecular flexibility index (Phi) is 4.73. The highest BCUT2D eigenvalue weighted by Crippen LogP contribution is 2.36. The van der Waals surface area contributed by atoms with Crippen molar-refractivity contribution in [2.45, 2.75) is 44.9 Å². The predicted octanol–water partition coefficient (Wildman–Crippen LogP) is 4.62. The number of hydrogen-bond donors (Lipinski definition) is 1. The maximum atomic E-state index is 13.9. The van der Waals surface area contributed by atoms with E-state index >= 15 is 0 Å². The standard InChI is InChI=1S/C22H24F2N2O3/c1-22(2,3)29-21(28)25-9-8-20(27)19(12-25)26-17-6-4-13(23)10-15(17)16-11-14(24)5-7-18(16)26/h4-7,10-11,19-20,27H,8-9,12H2,1-3H3/t19-,20-/m1/s1. The number of aromatic nitrogens is 1. The van der Waals surface area contributed by atoms with E-state index in [0.717, 1.165) is 0 Å². The van der Waals surface area contributed by atoms with Crippen molar-refractivity contribution in [2.24, 2.45) is 0 Å². The minimum absolute atomic E-state index is 0.240. The molecular formula is C22H24F2N2O3. The Balaban J connectivity index is 1.80. The van der Waals surface area contributed by atoms with Gasteiger partial charge in [0.25, 0.3) is 0 Å². The Morgan fingerprint density at radius 1 is 1.07 bits per heavy atom. The third kappa shape index (κ3) is 3.67. The number of aliphatic hydroxyl groups is 1. The number of fused-ring (bicyclic) bond motifs is 3. The zero-order valence-corrected chi connectivity index (χ0v) is 16.7. The SMILES string of the molecule is CC(C)(C)OC(=O)N1CC[C@@H](O)[C@H](n2c3ccc(F)cc3c3cc(F)ccc32)C1. The van der Waals surface area contributed by atoms with Crippen molar-refractivity contribution < 1.29 is 23.4 Å². The van der Waals surface area contributed by atoms with E-state index < -0.39 is 35.5 Å². The molecule has 1 aromatic heterocycles. The zero-order chi connectivity index (χ0) is 20.9. The van der Waals surface area contributed by atoms with E-state index in [1.807, 2.05) is 4.57 Å². The lowest BCUT2D eigenvalue weighted by molar-refractivity contribution is -0.00417. The Morgan fingerprint density at radius 2 is 1.62 bits per heavy atom. The largest absolute Gasteiger partial charge is 0.444 e. The van der Waals surface area contributed by atoms with Crippen LogP contribution in [0.4, 0.5) is 13.6 Å². The van der Waals surface area contributed by atoms with E-state index in [2.05, 4.69) is 0 Å². The molecule has 1 aliphatic rings. The highest BCUT2D eigenvalue weighted by atomic mass is 19.1. The molecule has 29 heavy (non-hydrogen) atoms. The van der Waals surface area contributed by atoms with Gasteiger partial charge in [0, 0.05) is 34.9 Å². The third-order valence-corrected chi connectivity index (χ3v) is 5.26. The molecule has 4 rings (SSSR count). The lowest BCUT2D eigenvalue weighted by Crippen LogP contribution is -2.48. The third-order valence-electron chi connectivity index (χ3n) is 5.26. The minimum Gasteiger partial charge on any atom is -0.444 e. The van der Waals surface area contributed by atoms with Crippen LogP contribution in [0.3, 0.4) is 0 Å². The number of benzene rings is 2. The Morgan fingerprint density at radius 3 is 2.14 bits per heavy atom. The topological polar surface area (TPSA) is 54.7 Å². The van der Waals surface area contributed by atoms with Crippen molar-refractivity contribution >= 4 is 27.9 Å². The molecule has 5 nitrogen and oxygen atoms in total. The second-order valence-electron chi connectivity index (χ2n) is 8.54. The quantitative estimate of drug-likeness (QED) is 0.646. The summed E-state index contributed by atoms with van der Waals surface area (Å²) in [7, 11) is 0. The molecule has 154 valence electrons. The predicted molar refractivity (Wildman–Crippen MR) is 107 cm³/mol. The van der Waals surface area contributed by atoms with E-state index in [-0.39, 0.29) is 6.54 Å². The van der Waals surface area contributed by atoms with Gasteiger partial charge in [-0.3, -0.25) is 0 Å². The molecule has 2 heterocycles. The molecule has 0 radical (unpaired) electrons. The molecule has 2 atom stereocenters. The lowest BCUT2D eigenvalue weighted by Gasteiger charge is -2.38. The molecule has 2 aromatic carbocycles. The maximum absolute atomic E-state index is 13.9. The average Bonchev–Trinajstić information content (AvgIpc) is 2.93. The number of likely N-dealkylation sites (tertiary alicyclic amines) is 1. The molecule has 1 aliphatic heterocycles. The molecule has 0 bridgehead atoms. The summed E-state index contributed by atoms with van der Waals surface area (Å²) in [5.41, 5.74) is 0.744. The van der Waals surface area contributed by atoms with Gasteiger partial charge in [-0.1, -0.05) is 0 Å². The summed E-state index contributed by atoms with van der Waals surface area (Å²) in [5.74, 6) is -0.833. The second-order valence-corrected chi connectivity index (χ2v) is 8.54. The number of aliphatic hydroxyl groups excluding tert-OH is 1. The average molecular weight is 402 g/mol. The summed E-state index contributed by atoms with van der Waals surface area (Å²) in [6, 6.07) is 8.21. The van der Waals surface area contributed by atoms with Gasteiger partial charge in [0.1, 0.15) is 17.2 Å². The smallest absolute Gasteiger partial charge is 0.410 e. The highest BCUT2D eigenvalue weighted by molar-refractivity contribution is 6.08. The Bertz CT molecular complexity index is 1030. The van der Waals surface area contributed by atoms with Gasteiger partial charge in [-0.15, -0.1) is 0 Å². The van der Waals surface area contributed by atoms with Gasteiger partial charge >= 0.3 is 6.09 Å². The normalized spacial score (nSPS) is 20.4. The molecule has 1 fully saturated rings. The molecule has 7 heteroatoms. The first kappa shape index (κ1) is 19.6. The van der Waals surface area contributed by atoms with E-state index in [1.54, 1.807) is 37.8 Å². The molecule has 0 aliphatic carbocycles. The van der Waals surface area contributed by atoms with Gasteiger partial charge in [0.2, 0.25) is 0 Å². The summed E-state index contributed by atoms with van der Waals surface area (Å²) in [5, 5.41) is 11.9. The fourth-order valence-electron chi connectivity index (χ4n) is 4.02. The van der Waals surface area contributed by atoms with Crippen molar-refractivity contribution in [3.63, 3.8) is 0 Å². The van der Waals surface area contributed by atoms with Crippen LogP contribution in [0.1, 0.15) is 33.2 Å². The van der Waals surface area contributed by atoms with Crippen LogP contribution in [0, 0.1) is 11.6 Å². The van der Waals surface area contributed by atoms with Crippen molar-refractivity contribution in [3.8, 4) is 0 Å². The van der Waals surface area contributed by atoms with Crippen molar-refractivity contribution in [1.82, 2.24) is 9.47 Å². The van der Waals surface area contributed by atoms with E-state index in [4.69, 9.17) is 4.74 Å². The number of nitrogens with zero attached hydrogens (tertiary/aromatic N) is 2. The van der Waals surface area contributed by atoms with Gasteiger partial charge in [-0.25, -0.2) is 13.6 Å². The summed E-state index contributed by atoms with van der Waals surface area (Å²) in [6.45, 7) is 6.03. The van der Waals surface area contributed by atoms with Gasteiger partial charge in [0.05, 0.1) is 12.1 Å². The summed E-state index contributed by atoms with van der Waals surface area (Å²) < 4.78 is 35.2. The van der Waals surface area contributed by atoms with Crippen LogP contribution >= 0.6 is 0 Å². The number of ether oxygens (including phenoxy) is 1. The van der Waals surface area contributed by atoms with E-state index in [9.17, 15) is 18.7 Å². The maximum Gasteiger partial charge on any atom is 0.410 e. The number of hydrogen-bond acceptors (Lipinski definition) is 3. The van der Waals surface area contributed by atoms with Crippen LogP contribution < -0.4 is 0 Å². The number of carbonyl (C=O) groups excluding carboxylic acids is 1. The molecule has 1 N–H and O–H groups in total. The van der Waals surface area contributed by atoms with Crippen LogP contribution in [-0.2, 0) is 4.74 Å². The molecule has 3 aromatic rings. The zero-order valence-electron chi connectivity index (χ0n) is 16.7. The molecule has 0 spiro atoms. The van der Waals surface area contributed by atoms with Crippen LogP contribution in [0.5, 0.6) is 0 Å². The Labute approximate surface area is 167 Å². The lowest BCUT2D eigenvalue weighted by atomic mass is 10.0. The van der Waals surface area contributed by atoms with Crippen LogP contribution in [0.25, 0.3) is 21.8 Å². The van der Waals surface area contributed by atoms with Crippen molar-refractivity contribution in [2.75, 3.05) is 13.1 Å². The van der Waals surface area contributed by atoms with Crippen LogP contribution in [-0.4, -0.2) is 45.5 Å². The van der Waals surface area contributed by atoms with Gasteiger partial charge in [-0.2, -0.15) is 0 Å². The molecule has 1 amide bonds. The van der Waals surface area contributed by atoms with Crippen molar-refractivity contribution in [3.05, 3.63) is 48.0 Å². The van der Waals surface area contributed by atoms with Crippen LogP contribution in [0.15, 0.2) is 36.4 Å². The molecule has 0 saturated carbocycles. The molecule has 1 saturated heterocycles. The Hall–Kier alpha value is -2.67. The van der Waals surface area contributed by atoms with Gasteiger partial charge < -0.3 is 19.3 Å². The van der Waals surface area contributed by atoms with Crippen LogP contribution in [0.2, 0.25) is 0 Å². The number of piperidine rings is 1. The molecule has 0 unspecified atom stereocenters.